The van der Waals surface area contributed by atoms with Crippen molar-refractivity contribution < 1.29 is 4.74 Å². The van der Waals surface area contributed by atoms with E-state index in [1.165, 1.54) is 0 Å². The van der Waals surface area contributed by atoms with Gasteiger partial charge in [0.1, 0.15) is 5.75 Å². The molecule has 0 spiro atoms. The number of benzene rings is 1. The molecular formula is C13H15Cl2N5O. The Morgan fingerprint density at radius 3 is 2.52 bits per heavy atom. The van der Waals surface area contributed by atoms with Crippen LogP contribution < -0.4 is 15.4 Å². The lowest BCUT2D eigenvalue weighted by Crippen LogP contribution is -2.07. The van der Waals surface area contributed by atoms with Crippen LogP contribution in [0.4, 0.5) is 17.6 Å². The van der Waals surface area contributed by atoms with E-state index >= 15 is 0 Å². The van der Waals surface area contributed by atoms with Crippen molar-refractivity contribution in [2.45, 2.75) is 13.8 Å². The number of nitrogens with one attached hydrogen (secondary N) is 2. The minimum absolute atomic E-state index is 0.105. The van der Waals surface area contributed by atoms with Crippen LogP contribution >= 0.6 is 23.2 Å². The van der Waals surface area contributed by atoms with Gasteiger partial charge in [0.15, 0.2) is 0 Å². The summed E-state index contributed by atoms with van der Waals surface area (Å²) >= 11 is 12.0. The predicted octanol–water partition coefficient (Wildman–Crippen LogP) is 3.67. The molecule has 0 atom stereocenters. The van der Waals surface area contributed by atoms with Crippen LogP contribution in [0.3, 0.4) is 0 Å². The lowest BCUT2D eigenvalue weighted by atomic mass is 10.2. The van der Waals surface area contributed by atoms with Crippen LogP contribution in [0.25, 0.3) is 0 Å². The molecule has 0 amide bonds. The average Bonchev–Trinajstić information content (AvgIpc) is 2.42. The number of hydrogen-bond acceptors (Lipinski definition) is 6. The number of aryl methyl sites for hydroxylation is 1. The van der Waals surface area contributed by atoms with Crippen LogP contribution in [0.5, 0.6) is 5.75 Å². The molecular weight excluding hydrogens is 313 g/mol. The van der Waals surface area contributed by atoms with Crippen molar-refractivity contribution >= 4 is 40.8 Å². The van der Waals surface area contributed by atoms with E-state index in [0.717, 1.165) is 5.56 Å². The Hall–Kier alpha value is -1.79. The number of halogens is 2. The normalized spacial score (nSPS) is 10.3. The third-order valence-corrected chi connectivity index (χ3v) is 3.25. The van der Waals surface area contributed by atoms with Crippen molar-refractivity contribution in [3.05, 3.63) is 28.0 Å². The fourth-order valence-corrected chi connectivity index (χ4v) is 2.01. The number of nitrogens with zero attached hydrogens (tertiary/aromatic N) is 3. The Kier molecular flexibility index (Phi) is 5.03. The fourth-order valence-electron chi connectivity index (χ4n) is 1.69. The lowest BCUT2D eigenvalue weighted by Gasteiger charge is -2.12. The van der Waals surface area contributed by atoms with E-state index in [1.807, 2.05) is 19.9 Å². The molecule has 0 saturated heterocycles. The second-order valence-corrected chi connectivity index (χ2v) is 4.95. The maximum atomic E-state index is 6.08. The molecule has 21 heavy (non-hydrogen) atoms. The Labute approximate surface area is 132 Å². The Balaban J connectivity index is 2.35. The molecule has 0 unspecified atom stereocenters. The Morgan fingerprint density at radius 1 is 1.14 bits per heavy atom. The van der Waals surface area contributed by atoms with Gasteiger partial charge < -0.3 is 15.4 Å². The van der Waals surface area contributed by atoms with E-state index in [-0.39, 0.29) is 5.28 Å². The molecule has 0 aliphatic rings. The molecule has 1 aromatic carbocycles. The summed E-state index contributed by atoms with van der Waals surface area (Å²) in [4.78, 5) is 12.3. The Bertz CT molecular complexity index is 651. The van der Waals surface area contributed by atoms with Crippen LogP contribution in [0.15, 0.2) is 12.1 Å². The minimum atomic E-state index is 0.105. The van der Waals surface area contributed by atoms with Gasteiger partial charge >= 0.3 is 0 Å². The topological polar surface area (TPSA) is 72.0 Å². The van der Waals surface area contributed by atoms with Crippen molar-refractivity contribution in [3.8, 4) is 5.75 Å². The molecule has 0 fully saturated rings. The predicted molar refractivity (Wildman–Crippen MR) is 85.0 cm³/mol. The number of anilines is 3. The second kappa shape index (κ2) is 6.78. The smallest absolute Gasteiger partial charge is 0.233 e. The first kappa shape index (κ1) is 15.6. The van der Waals surface area contributed by atoms with E-state index in [0.29, 0.717) is 34.9 Å². The molecule has 0 aliphatic heterocycles. The zero-order valence-electron chi connectivity index (χ0n) is 11.9. The first-order valence-corrected chi connectivity index (χ1v) is 7.05. The van der Waals surface area contributed by atoms with Gasteiger partial charge in [0, 0.05) is 17.6 Å². The van der Waals surface area contributed by atoms with Gasteiger partial charge in [0.25, 0.3) is 0 Å². The summed E-state index contributed by atoms with van der Waals surface area (Å²) in [7, 11) is 1.57. The quantitative estimate of drug-likeness (QED) is 0.872. The van der Waals surface area contributed by atoms with Crippen LogP contribution in [0.2, 0.25) is 10.3 Å². The highest BCUT2D eigenvalue weighted by molar-refractivity contribution is 6.31. The summed E-state index contributed by atoms with van der Waals surface area (Å²) in [6.07, 6.45) is 0. The second-order valence-electron chi connectivity index (χ2n) is 4.21. The summed E-state index contributed by atoms with van der Waals surface area (Å²) in [5.41, 5.74) is 1.61. The molecule has 2 rings (SSSR count). The molecule has 6 nitrogen and oxygen atoms in total. The molecule has 2 N–H and O–H groups in total. The van der Waals surface area contributed by atoms with Gasteiger partial charge in [-0.3, -0.25) is 0 Å². The molecule has 0 aliphatic carbocycles. The molecule has 1 heterocycles. The number of rotatable bonds is 5. The summed E-state index contributed by atoms with van der Waals surface area (Å²) in [5.74, 6) is 1.32. The van der Waals surface area contributed by atoms with Gasteiger partial charge in [-0.15, -0.1) is 0 Å². The third-order valence-electron chi connectivity index (χ3n) is 2.67. The molecule has 8 heteroatoms. The van der Waals surface area contributed by atoms with E-state index in [9.17, 15) is 0 Å². The molecule has 0 saturated carbocycles. The van der Waals surface area contributed by atoms with Crippen molar-refractivity contribution in [1.29, 1.82) is 0 Å². The van der Waals surface area contributed by atoms with Crippen LogP contribution in [0, 0.1) is 6.92 Å². The van der Waals surface area contributed by atoms with Crippen LogP contribution in [-0.4, -0.2) is 28.6 Å². The highest BCUT2D eigenvalue weighted by Crippen LogP contribution is 2.32. The maximum Gasteiger partial charge on any atom is 0.233 e. The van der Waals surface area contributed by atoms with Crippen molar-refractivity contribution in [1.82, 2.24) is 15.0 Å². The van der Waals surface area contributed by atoms with Gasteiger partial charge in [-0.1, -0.05) is 11.6 Å². The maximum absolute atomic E-state index is 6.08. The minimum Gasteiger partial charge on any atom is -0.495 e. The van der Waals surface area contributed by atoms with Gasteiger partial charge in [-0.25, -0.2) is 0 Å². The SMILES string of the molecule is CCNc1nc(Cl)nc(Nc2cc(C)c(Cl)cc2OC)n1. The fraction of sp³-hybridized carbons (Fsp3) is 0.308. The molecule has 0 radical (unpaired) electrons. The van der Waals surface area contributed by atoms with E-state index in [4.69, 9.17) is 27.9 Å². The number of methoxy groups -OCH3 is 1. The van der Waals surface area contributed by atoms with Crippen molar-refractivity contribution in [2.24, 2.45) is 0 Å². The van der Waals surface area contributed by atoms with Crippen molar-refractivity contribution in [2.75, 3.05) is 24.3 Å². The average molecular weight is 328 g/mol. The number of hydrogen-bond donors (Lipinski definition) is 2. The van der Waals surface area contributed by atoms with Crippen LogP contribution in [0.1, 0.15) is 12.5 Å². The molecule has 2 aromatic rings. The number of ether oxygens (including phenoxy) is 1. The molecule has 0 bridgehead atoms. The summed E-state index contributed by atoms with van der Waals surface area (Å²) in [6, 6.07) is 3.58. The lowest BCUT2D eigenvalue weighted by molar-refractivity contribution is 0.416. The molecule has 112 valence electrons. The summed E-state index contributed by atoms with van der Waals surface area (Å²) in [6.45, 7) is 4.52. The largest absolute Gasteiger partial charge is 0.495 e. The third kappa shape index (κ3) is 3.86. The van der Waals surface area contributed by atoms with Gasteiger partial charge in [-0.05, 0) is 37.1 Å². The van der Waals surface area contributed by atoms with Gasteiger partial charge in [0.05, 0.1) is 12.8 Å². The van der Waals surface area contributed by atoms with Gasteiger partial charge in [0.2, 0.25) is 17.2 Å². The van der Waals surface area contributed by atoms with Gasteiger partial charge in [-0.2, -0.15) is 15.0 Å². The summed E-state index contributed by atoms with van der Waals surface area (Å²) < 4.78 is 5.29. The van der Waals surface area contributed by atoms with Crippen LogP contribution in [-0.2, 0) is 0 Å². The first-order valence-electron chi connectivity index (χ1n) is 6.30. The van der Waals surface area contributed by atoms with E-state index < -0.39 is 0 Å². The van der Waals surface area contributed by atoms with Crippen molar-refractivity contribution in [3.63, 3.8) is 0 Å². The highest BCUT2D eigenvalue weighted by Gasteiger charge is 2.10. The monoisotopic (exact) mass is 327 g/mol. The molecule has 1 aromatic heterocycles. The van der Waals surface area contributed by atoms with E-state index in [2.05, 4.69) is 25.6 Å². The number of aromatic nitrogens is 3. The summed E-state index contributed by atoms with van der Waals surface area (Å²) in [5, 5.41) is 6.77. The zero-order valence-corrected chi connectivity index (χ0v) is 13.4. The highest BCUT2D eigenvalue weighted by atomic mass is 35.5. The van der Waals surface area contributed by atoms with E-state index in [1.54, 1.807) is 13.2 Å². The zero-order chi connectivity index (χ0) is 15.4. The Morgan fingerprint density at radius 2 is 1.86 bits per heavy atom. The standard InChI is InChI=1S/C13H15Cl2N5O/c1-4-16-12-18-11(15)19-13(20-12)17-9-5-7(2)8(14)6-10(9)21-3/h5-6H,4H2,1-3H3,(H2,16,17,18,19,20). The first-order chi connectivity index (χ1) is 10.0.